The van der Waals surface area contributed by atoms with Gasteiger partial charge in [0.05, 0.1) is 0 Å². The zero-order valence-corrected chi connectivity index (χ0v) is 16.7. The van der Waals surface area contributed by atoms with Crippen molar-refractivity contribution in [3.63, 3.8) is 0 Å². The van der Waals surface area contributed by atoms with Crippen LogP contribution in [0.15, 0.2) is 97.3 Å². The van der Waals surface area contributed by atoms with Gasteiger partial charge in [0.2, 0.25) is 0 Å². The fourth-order valence-corrected chi connectivity index (χ4v) is 3.39. The van der Waals surface area contributed by atoms with Crippen molar-refractivity contribution in [2.75, 3.05) is 6.61 Å². The van der Waals surface area contributed by atoms with E-state index in [1.165, 1.54) is 0 Å². The number of amides is 1. The fraction of sp³-hybridized carbons (Fsp3) is 0.120. The Morgan fingerprint density at radius 3 is 2.33 bits per heavy atom. The summed E-state index contributed by atoms with van der Waals surface area (Å²) in [6.07, 6.45) is 3.59. The maximum atomic E-state index is 12.8. The first-order valence-electron chi connectivity index (χ1n) is 9.81. The van der Waals surface area contributed by atoms with Crippen LogP contribution in [0.2, 0.25) is 0 Å². The Morgan fingerprint density at radius 2 is 1.63 bits per heavy atom. The van der Waals surface area contributed by atoms with Crippen molar-refractivity contribution in [3.05, 3.63) is 109 Å². The van der Waals surface area contributed by atoms with E-state index >= 15 is 0 Å². The quantitative estimate of drug-likeness (QED) is 0.504. The number of nitrogens with zero attached hydrogens (tertiary/aromatic N) is 2. The van der Waals surface area contributed by atoms with Crippen LogP contribution in [0.3, 0.4) is 0 Å². The van der Waals surface area contributed by atoms with Crippen molar-refractivity contribution in [1.29, 1.82) is 0 Å². The molecule has 0 saturated heterocycles. The van der Waals surface area contributed by atoms with Crippen molar-refractivity contribution in [2.45, 2.75) is 6.04 Å². The summed E-state index contributed by atoms with van der Waals surface area (Å²) in [6, 6.07) is 27.2. The molecule has 1 heterocycles. The summed E-state index contributed by atoms with van der Waals surface area (Å²) < 4.78 is 7.80. The van der Waals surface area contributed by atoms with Crippen LogP contribution in [0.1, 0.15) is 17.4 Å². The molecule has 0 unspecified atom stereocenters. The zero-order chi connectivity index (χ0) is 20.8. The minimum Gasteiger partial charge on any atom is -0.483 e. The summed E-state index contributed by atoms with van der Waals surface area (Å²) in [5, 5.41) is 3.06. The van der Waals surface area contributed by atoms with Gasteiger partial charge >= 0.3 is 0 Å². The Hall–Kier alpha value is -3.86. The minimum atomic E-state index is -0.355. The average Bonchev–Trinajstić information content (AvgIpc) is 3.23. The number of carbonyl (C=O) groups is 1. The first-order valence-corrected chi connectivity index (χ1v) is 9.81. The number of nitrogens with one attached hydrogen (secondary N) is 1. The summed E-state index contributed by atoms with van der Waals surface area (Å²) in [5.74, 6) is 1.22. The highest BCUT2D eigenvalue weighted by molar-refractivity contribution is 5.79. The minimum absolute atomic E-state index is 0.0857. The van der Waals surface area contributed by atoms with Crippen molar-refractivity contribution in [2.24, 2.45) is 7.05 Å². The van der Waals surface area contributed by atoms with E-state index in [0.717, 1.165) is 22.5 Å². The maximum Gasteiger partial charge on any atom is 0.258 e. The third kappa shape index (κ3) is 4.41. The van der Waals surface area contributed by atoms with Crippen LogP contribution in [0, 0.1) is 0 Å². The van der Waals surface area contributed by atoms with Crippen molar-refractivity contribution >= 4 is 5.91 Å². The van der Waals surface area contributed by atoms with Crippen molar-refractivity contribution in [3.8, 4) is 16.9 Å². The second kappa shape index (κ2) is 9.09. The highest BCUT2D eigenvalue weighted by Crippen LogP contribution is 2.29. The van der Waals surface area contributed by atoms with Gasteiger partial charge in [0, 0.05) is 25.0 Å². The maximum absolute atomic E-state index is 12.8. The summed E-state index contributed by atoms with van der Waals surface area (Å²) in [7, 11) is 1.91. The molecule has 0 aliphatic rings. The van der Waals surface area contributed by atoms with Crippen molar-refractivity contribution < 1.29 is 9.53 Å². The molecule has 0 aliphatic heterocycles. The highest BCUT2D eigenvalue weighted by Gasteiger charge is 2.21. The van der Waals surface area contributed by atoms with Crippen LogP contribution in [-0.2, 0) is 11.8 Å². The van der Waals surface area contributed by atoms with Crippen molar-refractivity contribution in [1.82, 2.24) is 14.9 Å². The van der Waals surface area contributed by atoms with E-state index in [1.54, 1.807) is 6.20 Å². The number of hydrogen-bond acceptors (Lipinski definition) is 3. The predicted molar refractivity (Wildman–Crippen MR) is 117 cm³/mol. The van der Waals surface area contributed by atoms with Gasteiger partial charge in [0.1, 0.15) is 17.6 Å². The Morgan fingerprint density at radius 1 is 0.967 bits per heavy atom. The summed E-state index contributed by atoms with van der Waals surface area (Å²) >= 11 is 0. The molecule has 0 radical (unpaired) electrons. The molecule has 4 rings (SSSR count). The molecule has 0 bridgehead atoms. The molecule has 150 valence electrons. The van der Waals surface area contributed by atoms with Crippen LogP contribution in [0.4, 0.5) is 0 Å². The summed E-state index contributed by atoms with van der Waals surface area (Å²) in [6.45, 7) is -0.0857. The molecule has 1 atom stereocenters. The van der Waals surface area contributed by atoms with Gasteiger partial charge in [0.25, 0.3) is 5.91 Å². The smallest absolute Gasteiger partial charge is 0.258 e. The lowest BCUT2D eigenvalue weighted by Gasteiger charge is -2.19. The zero-order valence-electron chi connectivity index (χ0n) is 16.7. The molecule has 1 N–H and O–H groups in total. The molecule has 5 heteroatoms. The van der Waals surface area contributed by atoms with Gasteiger partial charge in [-0.3, -0.25) is 4.79 Å². The number of imidazole rings is 1. The van der Waals surface area contributed by atoms with E-state index < -0.39 is 0 Å². The van der Waals surface area contributed by atoms with E-state index in [2.05, 4.69) is 10.3 Å². The molecule has 0 spiro atoms. The monoisotopic (exact) mass is 397 g/mol. The Kier molecular flexibility index (Phi) is 5.90. The van der Waals surface area contributed by atoms with Gasteiger partial charge in [-0.15, -0.1) is 0 Å². The molecule has 1 amide bonds. The summed E-state index contributed by atoms with van der Waals surface area (Å²) in [5.41, 5.74) is 2.96. The molecular formula is C25H23N3O2. The first kappa shape index (κ1) is 19.5. The number of ether oxygens (including phenoxy) is 1. The topological polar surface area (TPSA) is 56.2 Å². The fourth-order valence-electron chi connectivity index (χ4n) is 3.39. The van der Waals surface area contributed by atoms with E-state index in [1.807, 2.05) is 103 Å². The van der Waals surface area contributed by atoms with Crippen LogP contribution in [0.5, 0.6) is 5.75 Å². The standard InChI is InChI=1S/C25H23N3O2/c1-28-17-16-26-25(28)24(20-12-6-3-7-13-20)27-23(29)18-30-22-15-9-8-14-21(22)19-10-4-2-5-11-19/h2-17,24H,18H2,1H3,(H,27,29)/t24-/m1/s1. The molecule has 0 fully saturated rings. The number of carbonyl (C=O) groups excluding carboxylic acids is 1. The van der Waals surface area contributed by atoms with Gasteiger partial charge in [-0.05, 0) is 17.2 Å². The van der Waals surface area contributed by atoms with E-state index in [4.69, 9.17) is 4.74 Å². The molecule has 1 aromatic heterocycles. The van der Waals surface area contributed by atoms with Gasteiger partial charge in [0.15, 0.2) is 6.61 Å². The molecule has 30 heavy (non-hydrogen) atoms. The second-order valence-corrected chi connectivity index (χ2v) is 6.96. The lowest BCUT2D eigenvalue weighted by Crippen LogP contribution is -2.34. The number of benzene rings is 3. The predicted octanol–water partition coefficient (Wildman–Crippen LogP) is 4.37. The lowest BCUT2D eigenvalue weighted by molar-refractivity contribution is -0.123. The Balaban J connectivity index is 1.50. The Labute approximate surface area is 176 Å². The molecule has 4 aromatic rings. The van der Waals surface area contributed by atoms with Gasteiger partial charge in [-0.25, -0.2) is 4.98 Å². The molecule has 0 saturated carbocycles. The number of aryl methyl sites for hydroxylation is 1. The van der Waals surface area contributed by atoms with Crippen LogP contribution >= 0.6 is 0 Å². The van der Waals surface area contributed by atoms with Gasteiger partial charge in [-0.2, -0.15) is 0 Å². The van der Waals surface area contributed by atoms with Crippen LogP contribution in [-0.4, -0.2) is 22.1 Å². The normalized spacial score (nSPS) is 11.6. The highest BCUT2D eigenvalue weighted by atomic mass is 16.5. The average molecular weight is 397 g/mol. The molecule has 5 nitrogen and oxygen atoms in total. The Bertz CT molecular complexity index is 1110. The van der Waals surface area contributed by atoms with Crippen LogP contribution < -0.4 is 10.1 Å². The number of rotatable bonds is 7. The van der Waals surface area contributed by atoms with E-state index in [-0.39, 0.29) is 18.6 Å². The van der Waals surface area contributed by atoms with Crippen LogP contribution in [0.25, 0.3) is 11.1 Å². The van der Waals surface area contributed by atoms with Gasteiger partial charge in [-0.1, -0.05) is 78.9 Å². The number of aromatic nitrogens is 2. The molecular weight excluding hydrogens is 374 g/mol. The first-order chi connectivity index (χ1) is 14.7. The number of hydrogen-bond donors (Lipinski definition) is 1. The lowest BCUT2D eigenvalue weighted by atomic mass is 10.1. The number of para-hydroxylation sites is 1. The molecule has 3 aromatic carbocycles. The SMILES string of the molecule is Cn1ccnc1[C@H](NC(=O)COc1ccccc1-c1ccccc1)c1ccccc1. The van der Waals surface area contributed by atoms with E-state index in [9.17, 15) is 4.79 Å². The molecule has 0 aliphatic carbocycles. The second-order valence-electron chi connectivity index (χ2n) is 6.96. The third-order valence-electron chi connectivity index (χ3n) is 4.89. The third-order valence-corrected chi connectivity index (χ3v) is 4.89. The largest absolute Gasteiger partial charge is 0.483 e. The van der Waals surface area contributed by atoms with E-state index in [0.29, 0.717) is 5.75 Å². The van der Waals surface area contributed by atoms with Gasteiger partial charge < -0.3 is 14.6 Å². The summed E-state index contributed by atoms with van der Waals surface area (Å²) in [4.78, 5) is 17.2.